The van der Waals surface area contributed by atoms with E-state index in [-0.39, 0.29) is 4.90 Å². The number of rotatable bonds is 5. The third-order valence-corrected chi connectivity index (χ3v) is 4.51. The van der Waals surface area contributed by atoms with Gasteiger partial charge in [0.25, 0.3) is 0 Å². The third kappa shape index (κ3) is 3.24. The predicted molar refractivity (Wildman–Crippen MR) is 64.9 cm³/mol. The Hall–Kier alpha value is -0.980. The van der Waals surface area contributed by atoms with E-state index < -0.39 is 15.8 Å². The van der Waals surface area contributed by atoms with Crippen molar-refractivity contribution in [3.8, 4) is 0 Å². The summed E-state index contributed by atoms with van der Waals surface area (Å²) >= 11 is 0. The molecule has 0 saturated heterocycles. The molecular formula is C11H17FN2O2S. The van der Waals surface area contributed by atoms with Gasteiger partial charge in [-0.25, -0.2) is 12.8 Å². The number of aryl methyl sites for hydroxylation is 1. The second-order valence-electron chi connectivity index (χ2n) is 3.84. The highest BCUT2D eigenvalue weighted by Gasteiger charge is 2.22. The summed E-state index contributed by atoms with van der Waals surface area (Å²) in [6.45, 7) is 2.54. The predicted octanol–water partition coefficient (Wildman–Crippen LogP) is 0.974. The lowest BCUT2D eigenvalue weighted by Gasteiger charge is -2.18. The smallest absolute Gasteiger partial charge is 0.243 e. The first-order chi connectivity index (χ1) is 7.89. The SMILES string of the molecule is CNCCN(C)S(=O)(=O)c1cc(F)ccc1C. The zero-order valence-electron chi connectivity index (χ0n) is 10.2. The fraction of sp³-hybridized carbons (Fsp3) is 0.455. The molecule has 1 N–H and O–H groups in total. The number of benzene rings is 1. The summed E-state index contributed by atoms with van der Waals surface area (Å²) in [6, 6.07) is 3.77. The highest BCUT2D eigenvalue weighted by atomic mass is 32.2. The van der Waals surface area contributed by atoms with E-state index in [1.54, 1.807) is 14.0 Å². The number of halogens is 1. The molecule has 0 fully saturated rings. The standard InChI is InChI=1S/C11H17FN2O2S/c1-9-4-5-10(12)8-11(9)17(15,16)14(3)7-6-13-2/h4-5,8,13H,6-7H2,1-3H3. The van der Waals surface area contributed by atoms with Crippen LogP contribution in [0.25, 0.3) is 0 Å². The van der Waals surface area contributed by atoms with Gasteiger partial charge in [0.15, 0.2) is 0 Å². The number of hydrogen-bond donors (Lipinski definition) is 1. The molecular weight excluding hydrogens is 243 g/mol. The van der Waals surface area contributed by atoms with Crippen LogP contribution >= 0.6 is 0 Å². The Labute approximate surface area is 101 Å². The second-order valence-corrected chi connectivity index (χ2v) is 5.85. The van der Waals surface area contributed by atoms with Crippen molar-refractivity contribution in [2.24, 2.45) is 0 Å². The average molecular weight is 260 g/mol. The highest BCUT2D eigenvalue weighted by molar-refractivity contribution is 7.89. The van der Waals surface area contributed by atoms with Crippen molar-refractivity contribution in [2.75, 3.05) is 27.2 Å². The van der Waals surface area contributed by atoms with Crippen LogP contribution in [0.15, 0.2) is 23.1 Å². The molecule has 0 aromatic heterocycles. The molecule has 0 spiro atoms. The van der Waals surface area contributed by atoms with Gasteiger partial charge in [0, 0.05) is 20.1 Å². The monoisotopic (exact) mass is 260 g/mol. The number of hydrogen-bond acceptors (Lipinski definition) is 3. The lowest BCUT2D eigenvalue weighted by atomic mass is 10.2. The highest BCUT2D eigenvalue weighted by Crippen LogP contribution is 2.19. The van der Waals surface area contributed by atoms with Gasteiger partial charge in [-0.3, -0.25) is 0 Å². The van der Waals surface area contributed by atoms with Crippen LogP contribution in [0.3, 0.4) is 0 Å². The van der Waals surface area contributed by atoms with Crippen LogP contribution in [-0.4, -0.2) is 39.9 Å². The van der Waals surface area contributed by atoms with Gasteiger partial charge in [0.2, 0.25) is 10.0 Å². The maximum Gasteiger partial charge on any atom is 0.243 e. The van der Waals surface area contributed by atoms with Gasteiger partial charge in [-0.05, 0) is 31.7 Å². The molecule has 17 heavy (non-hydrogen) atoms. The van der Waals surface area contributed by atoms with E-state index in [0.717, 1.165) is 6.07 Å². The molecule has 0 atom stereocenters. The molecule has 0 aliphatic carbocycles. The van der Waals surface area contributed by atoms with Gasteiger partial charge in [-0.2, -0.15) is 4.31 Å². The van der Waals surface area contributed by atoms with Gasteiger partial charge in [-0.15, -0.1) is 0 Å². The first-order valence-corrected chi connectivity index (χ1v) is 6.70. The molecule has 1 aromatic carbocycles. The van der Waals surface area contributed by atoms with Crippen LogP contribution in [0.1, 0.15) is 5.56 Å². The minimum absolute atomic E-state index is 0.0242. The van der Waals surface area contributed by atoms with Crippen molar-refractivity contribution in [1.29, 1.82) is 0 Å². The maximum absolute atomic E-state index is 13.1. The fourth-order valence-corrected chi connectivity index (χ4v) is 2.81. The minimum Gasteiger partial charge on any atom is -0.318 e. The number of likely N-dealkylation sites (N-methyl/N-ethyl adjacent to an activating group) is 2. The molecule has 0 amide bonds. The lowest BCUT2D eigenvalue weighted by Crippen LogP contribution is -2.33. The van der Waals surface area contributed by atoms with Crippen LogP contribution in [0.5, 0.6) is 0 Å². The summed E-state index contributed by atoms with van der Waals surface area (Å²) in [5.74, 6) is -0.545. The molecule has 96 valence electrons. The van der Waals surface area contributed by atoms with E-state index in [1.165, 1.54) is 23.5 Å². The summed E-state index contributed by atoms with van der Waals surface area (Å²) in [4.78, 5) is 0.0242. The summed E-state index contributed by atoms with van der Waals surface area (Å²) < 4.78 is 38.6. The molecule has 1 aromatic rings. The summed E-state index contributed by atoms with van der Waals surface area (Å²) in [6.07, 6.45) is 0. The molecule has 0 aliphatic rings. The molecule has 1 rings (SSSR count). The second kappa shape index (κ2) is 5.57. The van der Waals surface area contributed by atoms with Gasteiger partial charge in [0.1, 0.15) is 5.82 Å². The van der Waals surface area contributed by atoms with Crippen LogP contribution in [-0.2, 0) is 10.0 Å². The Balaban J connectivity index is 3.08. The quantitative estimate of drug-likeness (QED) is 0.858. The third-order valence-electron chi connectivity index (χ3n) is 2.52. The van der Waals surface area contributed by atoms with Crippen molar-refractivity contribution < 1.29 is 12.8 Å². The van der Waals surface area contributed by atoms with Gasteiger partial charge in [0.05, 0.1) is 4.90 Å². The number of nitrogens with one attached hydrogen (secondary N) is 1. The van der Waals surface area contributed by atoms with E-state index in [4.69, 9.17) is 0 Å². The Morgan fingerprint density at radius 3 is 2.65 bits per heavy atom. The summed E-state index contributed by atoms with van der Waals surface area (Å²) in [7, 11) is -0.384. The van der Waals surface area contributed by atoms with Crippen LogP contribution < -0.4 is 5.32 Å². The Morgan fingerprint density at radius 1 is 1.41 bits per heavy atom. The van der Waals surface area contributed by atoms with E-state index in [2.05, 4.69) is 5.32 Å². The molecule has 4 nitrogen and oxygen atoms in total. The van der Waals surface area contributed by atoms with Crippen LogP contribution in [0, 0.1) is 12.7 Å². The van der Waals surface area contributed by atoms with E-state index >= 15 is 0 Å². The normalized spacial score (nSPS) is 12.1. The Morgan fingerprint density at radius 2 is 2.06 bits per heavy atom. The van der Waals surface area contributed by atoms with E-state index in [1.807, 2.05) is 0 Å². The number of sulfonamides is 1. The minimum atomic E-state index is -3.61. The summed E-state index contributed by atoms with van der Waals surface area (Å²) in [5, 5.41) is 2.87. The zero-order valence-corrected chi connectivity index (χ0v) is 11.0. The van der Waals surface area contributed by atoms with Crippen molar-refractivity contribution in [2.45, 2.75) is 11.8 Å². The molecule has 0 bridgehead atoms. The molecule has 0 heterocycles. The van der Waals surface area contributed by atoms with Crippen molar-refractivity contribution in [3.63, 3.8) is 0 Å². The van der Waals surface area contributed by atoms with Crippen molar-refractivity contribution in [3.05, 3.63) is 29.6 Å². The van der Waals surface area contributed by atoms with Gasteiger partial charge >= 0.3 is 0 Å². The largest absolute Gasteiger partial charge is 0.318 e. The first-order valence-electron chi connectivity index (χ1n) is 5.26. The molecule has 0 saturated carbocycles. The fourth-order valence-electron chi connectivity index (χ4n) is 1.41. The molecule has 6 heteroatoms. The van der Waals surface area contributed by atoms with E-state index in [9.17, 15) is 12.8 Å². The average Bonchev–Trinajstić information content (AvgIpc) is 2.28. The maximum atomic E-state index is 13.1. The van der Waals surface area contributed by atoms with Crippen molar-refractivity contribution >= 4 is 10.0 Å². The Kier molecular flexibility index (Phi) is 4.62. The van der Waals surface area contributed by atoms with Gasteiger partial charge in [-0.1, -0.05) is 6.07 Å². The summed E-state index contributed by atoms with van der Waals surface area (Å²) in [5.41, 5.74) is 0.544. The molecule has 0 aliphatic heterocycles. The van der Waals surface area contributed by atoms with E-state index in [0.29, 0.717) is 18.7 Å². The van der Waals surface area contributed by atoms with Crippen molar-refractivity contribution in [1.82, 2.24) is 9.62 Å². The zero-order chi connectivity index (χ0) is 13.1. The molecule has 0 unspecified atom stereocenters. The van der Waals surface area contributed by atoms with Crippen LogP contribution in [0.2, 0.25) is 0 Å². The first kappa shape index (κ1) is 14.1. The van der Waals surface area contributed by atoms with Gasteiger partial charge < -0.3 is 5.32 Å². The van der Waals surface area contributed by atoms with Crippen LogP contribution in [0.4, 0.5) is 4.39 Å². The number of nitrogens with zero attached hydrogens (tertiary/aromatic N) is 1. The topological polar surface area (TPSA) is 49.4 Å². The Bertz CT molecular complexity index is 488. The molecule has 0 radical (unpaired) electrons. The lowest BCUT2D eigenvalue weighted by molar-refractivity contribution is 0.465.